The average molecular weight is 252 g/mol. The van der Waals surface area contributed by atoms with Crippen molar-refractivity contribution in [2.75, 3.05) is 5.73 Å². The average Bonchev–Trinajstić information content (AvgIpc) is 2.51. The number of aromatic nitrogens is 5. The van der Waals surface area contributed by atoms with Crippen LogP contribution < -0.4 is 5.73 Å². The van der Waals surface area contributed by atoms with Crippen LogP contribution in [0.2, 0.25) is 0 Å². The van der Waals surface area contributed by atoms with Crippen LogP contribution in [0.25, 0.3) is 11.4 Å². The van der Waals surface area contributed by atoms with E-state index in [1.54, 1.807) is 12.4 Å². The van der Waals surface area contributed by atoms with Crippen LogP contribution in [0.4, 0.5) is 5.69 Å². The molecule has 0 aliphatic carbocycles. The van der Waals surface area contributed by atoms with E-state index >= 15 is 0 Å². The van der Waals surface area contributed by atoms with Crippen molar-refractivity contribution in [3.05, 3.63) is 61.7 Å². The fourth-order valence-corrected chi connectivity index (χ4v) is 1.34. The summed E-state index contributed by atoms with van der Waals surface area (Å²) in [5.41, 5.74) is 7.95. The maximum Gasteiger partial charge on any atom is 0.119 e. The lowest BCUT2D eigenvalue weighted by Crippen LogP contribution is -1.93. The molecule has 19 heavy (non-hydrogen) atoms. The molecule has 3 rings (SSSR count). The predicted molar refractivity (Wildman–Crippen MR) is 71.7 cm³/mol. The van der Waals surface area contributed by atoms with Gasteiger partial charge >= 0.3 is 0 Å². The fraction of sp³-hybridized carbons (Fsp3) is 0. The van der Waals surface area contributed by atoms with Crippen LogP contribution >= 0.6 is 0 Å². The van der Waals surface area contributed by atoms with E-state index in [1.807, 2.05) is 30.3 Å². The van der Waals surface area contributed by atoms with Crippen LogP contribution in [0.15, 0.2) is 61.7 Å². The quantitative estimate of drug-likeness (QED) is 0.707. The summed E-state index contributed by atoms with van der Waals surface area (Å²) in [5, 5.41) is 0. The highest BCUT2D eigenvalue weighted by Crippen LogP contribution is 2.19. The molecular weight excluding hydrogens is 240 g/mol. The number of anilines is 1. The lowest BCUT2D eigenvalue weighted by atomic mass is 10.2. The van der Waals surface area contributed by atoms with E-state index in [2.05, 4.69) is 24.9 Å². The Labute approximate surface area is 110 Å². The van der Waals surface area contributed by atoms with Crippen molar-refractivity contribution in [2.24, 2.45) is 0 Å². The van der Waals surface area contributed by atoms with Crippen molar-refractivity contribution in [2.45, 2.75) is 0 Å². The van der Waals surface area contributed by atoms with Gasteiger partial charge in [-0.15, -0.1) is 0 Å². The van der Waals surface area contributed by atoms with Crippen LogP contribution in [-0.4, -0.2) is 24.9 Å². The maximum atomic E-state index is 5.75. The second-order valence-corrected chi connectivity index (χ2v) is 3.45. The van der Waals surface area contributed by atoms with E-state index < -0.39 is 0 Å². The number of nitrogens with zero attached hydrogens (tertiary/aromatic N) is 5. The molecule has 3 aromatic heterocycles. The highest BCUT2D eigenvalue weighted by atomic mass is 14.9. The lowest BCUT2D eigenvalue weighted by Gasteiger charge is -2.01. The van der Waals surface area contributed by atoms with Gasteiger partial charge in [-0.25, -0.2) is 15.0 Å². The van der Waals surface area contributed by atoms with E-state index in [1.165, 1.54) is 19.0 Å². The topological polar surface area (TPSA) is 90.5 Å². The molecule has 0 spiro atoms. The van der Waals surface area contributed by atoms with Gasteiger partial charge in [-0.2, -0.15) is 0 Å². The fourth-order valence-electron chi connectivity index (χ4n) is 1.34. The molecule has 0 bridgehead atoms. The van der Waals surface area contributed by atoms with Gasteiger partial charge < -0.3 is 5.73 Å². The lowest BCUT2D eigenvalue weighted by molar-refractivity contribution is 1.05. The Morgan fingerprint density at radius 2 is 1.42 bits per heavy atom. The summed E-state index contributed by atoms with van der Waals surface area (Å²) in [6.07, 6.45) is 7.75. The molecule has 0 radical (unpaired) electrons. The largest absolute Gasteiger partial charge is 0.397 e. The molecule has 0 aliphatic heterocycles. The van der Waals surface area contributed by atoms with Gasteiger partial charge in [0, 0.05) is 12.4 Å². The van der Waals surface area contributed by atoms with Crippen molar-refractivity contribution in [1.29, 1.82) is 0 Å². The Bertz CT molecular complexity index is 573. The smallest absolute Gasteiger partial charge is 0.119 e. The highest BCUT2D eigenvalue weighted by Gasteiger charge is 2.02. The van der Waals surface area contributed by atoms with Gasteiger partial charge in [0.1, 0.15) is 24.7 Å². The van der Waals surface area contributed by atoms with Gasteiger partial charge in [0.15, 0.2) is 0 Å². The molecule has 0 aromatic carbocycles. The van der Waals surface area contributed by atoms with E-state index in [0.717, 1.165) is 11.4 Å². The first-order chi connectivity index (χ1) is 9.38. The standard InChI is InChI=1S/C10H9N3.C3H3N3/c11-8-4-3-7-13-10(8)9-5-1-2-6-12-9;1-4-2-6-3-5-1/h1-7H,11H2;1-3H. The third-order valence-electron chi connectivity index (χ3n) is 2.15. The number of nitrogens with two attached hydrogens (primary N) is 1. The third-order valence-corrected chi connectivity index (χ3v) is 2.15. The highest BCUT2D eigenvalue weighted by molar-refractivity contribution is 5.68. The van der Waals surface area contributed by atoms with Crippen molar-refractivity contribution in [3.8, 4) is 11.4 Å². The minimum Gasteiger partial charge on any atom is -0.397 e. The Kier molecular flexibility index (Phi) is 4.46. The van der Waals surface area contributed by atoms with E-state index in [4.69, 9.17) is 5.73 Å². The van der Waals surface area contributed by atoms with Crippen LogP contribution in [0.1, 0.15) is 0 Å². The van der Waals surface area contributed by atoms with Crippen molar-refractivity contribution < 1.29 is 0 Å². The van der Waals surface area contributed by atoms with Gasteiger partial charge in [0.25, 0.3) is 0 Å². The zero-order valence-electron chi connectivity index (χ0n) is 10.1. The molecule has 0 amide bonds. The van der Waals surface area contributed by atoms with Crippen LogP contribution in [0.5, 0.6) is 0 Å². The molecular formula is C13H12N6. The summed E-state index contributed by atoms with van der Waals surface area (Å²) in [6.45, 7) is 0. The van der Waals surface area contributed by atoms with E-state index in [0.29, 0.717) is 5.69 Å². The molecule has 0 atom stereocenters. The van der Waals surface area contributed by atoms with Gasteiger partial charge in [-0.3, -0.25) is 9.97 Å². The molecule has 0 saturated heterocycles. The SMILES string of the molecule is Nc1cccnc1-c1ccccn1.c1ncncn1. The Morgan fingerprint density at radius 1 is 0.737 bits per heavy atom. The third kappa shape index (κ3) is 3.81. The van der Waals surface area contributed by atoms with Gasteiger partial charge in [-0.05, 0) is 24.3 Å². The Morgan fingerprint density at radius 3 is 1.95 bits per heavy atom. The first-order valence-corrected chi connectivity index (χ1v) is 5.55. The second kappa shape index (κ2) is 6.75. The first-order valence-electron chi connectivity index (χ1n) is 5.55. The van der Waals surface area contributed by atoms with Gasteiger partial charge in [-0.1, -0.05) is 6.07 Å². The molecule has 6 nitrogen and oxygen atoms in total. The Hall–Kier alpha value is -2.89. The molecule has 0 saturated carbocycles. The molecule has 0 aliphatic rings. The van der Waals surface area contributed by atoms with Crippen molar-refractivity contribution in [1.82, 2.24) is 24.9 Å². The second-order valence-electron chi connectivity index (χ2n) is 3.45. The molecule has 3 heterocycles. The molecule has 3 aromatic rings. The summed E-state index contributed by atoms with van der Waals surface area (Å²) in [5.74, 6) is 0. The zero-order chi connectivity index (χ0) is 13.3. The number of hydrogen-bond acceptors (Lipinski definition) is 6. The number of hydrogen-bond donors (Lipinski definition) is 1. The molecule has 2 N–H and O–H groups in total. The van der Waals surface area contributed by atoms with Crippen LogP contribution in [0, 0.1) is 0 Å². The Balaban J connectivity index is 0.000000186. The van der Waals surface area contributed by atoms with E-state index in [-0.39, 0.29) is 0 Å². The zero-order valence-corrected chi connectivity index (χ0v) is 10.1. The minimum atomic E-state index is 0.654. The monoisotopic (exact) mass is 252 g/mol. The molecule has 0 fully saturated rings. The summed E-state index contributed by atoms with van der Waals surface area (Å²) < 4.78 is 0. The number of rotatable bonds is 1. The summed E-state index contributed by atoms with van der Waals surface area (Å²) in [6, 6.07) is 9.29. The van der Waals surface area contributed by atoms with E-state index in [9.17, 15) is 0 Å². The number of pyridine rings is 2. The van der Waals surface area contributed by atoms with Crippen molar-refractivity contribution >= 4 is 5.69 Å². The summed E-state index contributed by atoms with van der Waals surface area (Å²) in [7, 11) is 0. The molecule has 94 valence electrons. The van der Waals surface area contributed by atoms with Gasteiger partial charge in [0.2, 0.25) is 0 Å². The molecule has 6 heteroatoms. The number of nitrogen functional groups attached to an aromatic ring is 1. The van der Waals surface area contributed by atoms with Crippen molar-refractivity contribution in [3.63, 3.8) is 0 Å². The summed E-state index contributed by atoms with van der Waals surface area (Å²) in [4.78, 5) is 19.0. The maximum absolute atomic E-state index is 5.75. The normalized spacial score (nSPS) is 9.26. The minimum absolute atomic E-state index is 0.654. The first kappa shape index (κ1) is 12.6. The molecule has 0 unspecified atom stereocenters. The van der Waals surface area contributed by atoms with Crippen LogP contribution in [0.3, 0.4) is 0 Å². The van der Waals surface area contributed by atoms with Gasteiger partial charge in [0.05, 0.1) is 11.4 Å². The summed E-state index contributed by atoms with van der Waals surface area (Å²) >= 11 is 0. The van der Waals surface area contributed by atoms with Crippen LogP contribution in [-0.2, 0) is 0 Å². The predicted octanol–water partition coefficient (Wildman–Crippen LogP) is 1.60.